The lowest BCUT2D eigenvalue weighted by Crippen LogP contribution is -2.52. The predicted octanol–water partition coefficient (Wildman–Crippen LogP) is 2.94. The molecule has 1 aromatic rings. The molecule has 10 heteroatoms. The van der Waals surface area contributed by atoms with Gasteiger partial charge in [-0.15, -0.1) is 0 Å². The highest BCUT2D eigenvalue weighted by molar-refractivity contribution is 5.89. The van der Waals surface area contributed by atoms with Gasteiger partial charge in [0, 0.05) is 6.07 Å². The monoisotopic (exact) mass is 437 g/mol. The van der Waals surface area contributed by atoms with Gasteiger partial charge >= 0.3 is 12.1 Å². The number of nitro groups is 1. The molecule has 0 heterocycles. The summed E-state index contributed by atoms with van der Waals surface area (Å²) in [4.78, 5) is 47.5. The summed E-state index contributed by atoms with van der Waals surface area (Å²) in [6.45, 7) is 7.26. The van der Waals surface area contributed by atoms with Crippen molar-refractivity contribution in [2.45, 2.75) is 59.2 Å². The highest BCUT2D eigenvalue weighted by Gasteiger charge is 2.29. The second-order valence-corrected chi connectivity index (χ2v) is 8.00. The van der Waals surface area contributed by atoms with Crippen LogP contribution in [0.2, 0.25) is 0 Å². The smallest absolute Gasteiger partial charge is 0.408 e. The molecule has 0 aliphatic carbocycles. The number of alkyl carbamates (subject to hydrolysis) is 1. The van der Waals surface area contributed by atoms with Gasteiger partial charge in [-0.05, 0) is 30.7 Å². The summed E-state index contributed by atoms with van der Waals surface area (Å²) in [5.74, 6) is -0.905. The van der Waals surface area contributed by atoms with Crippen LogP contribution in [0.3, 0.4) is 0 Å². The molecule has 0 aliphatic rings. The number of nitrogens with one attached hydrogen (secondary N) is 2. The van der Waals surface area contributed by atoms with Gasteiger partial charge in [-0.3, -0.25) is 14.9 Å². The third kappa shape index (κ3) is 9.02. The number of esters is 1. The summed E-state index contributed by atoms with van der Waals surface area (Å²) in [6, 6.07) is 4.12. The molecule has 0 radical (unpaired) electrons. The molecule has 0 aromatic heterocycles. The second kappa shape index (κ2) is 12.5. The van der Waals surface area contributed by atoms with Gasteiger partial charge in [-0.25, -0.2) is 9.59 Å². The standard InChI is InChI=1S/C21H31N3O7/c1-13(2)10-16(19(25)22-17(11-14(3)4)20(26)30-5)23-21(27)31-12-15-8-6-7-9-18(15)24(28)29/h6-9,13-14,16-17H,10-12H2,1-5H3,(H,22,25)(H,23,27)/t16-,17-/m0/s1. The van der Waals surface area contributed by atoms with Crippen LogP contribution in [0.1, 0.15) is 46.1 Å². The first-order valence-electron chi connectivity index (χ1n) is 10.1. The van der Waals surface area contributed by atoms with E-state index in [2.05, 4.69) is 10.6 Å². The summed E-state index contributed by atoms with van der Waals surface area (Å²) in [5, 5.41) is 16.2. The molecule has 0 saturated carbocycles. The van der Waals surface area contributed by atoms with Crippen molar-refractivity contribution in [3.05, 3.63) is 39.9 Å². The molecule has 0 fully saturated rings. The van der Waals surface area contributed by atoms with Crippen LogP contribution in [0.15, 0.2) is 24.3 Å². The Bertz CT molecular complexity index is 780. The van der Waals surface area contributed by atoms with Crippen LogP contribution < -0.4 is 10.6 Å². The Labute approximate surface area is 181 Å². The van der Waals surface area contributed by atoms with E-state index in [-0.39, 0.29) is 29.7 Å². The van der Waals surface area contributed by atoms with E-state index in [0.29, 0.717) is 12.8 Å². The zero-order valence-corrected chi connectivity index (χ0v) is 18.5. The van der Waals surface area contributed by atoms with Crippen LogP contribution >= 0.6 is 0 Å². The van der Waals surface area contributed by atoms with Crippen LogP contribution in [0.25, 0.3) is 0 Å². The molecule has 2 N–H and O–H groups in total. The minimum absolute atomic E-state index is 0.0629. The largest absolute Gasteiger partial charge is 0.467 e. The Balaban J connectivity index is 2.82. The van der Waals surface area contributed by atoms with Crippen molar-refractivity contribution in [1.29, 1.82) is 0 Å². The third-order valence-corrected chi connectivity index (χ3v) is 4.37. The number of amides is 2. The van der Waals surface area contributed by atoms with E-state index in [1.165, 1.54) is 25.3 Å². The molecular weight excluding hydrogens is 406 g/mol. The van der Waals surface area contributed by atoms with Crippen molar-refractivity contribution in [2.75, 3.05) is 7.11 Å². The number of carbonyl (C=O) groups is 3. The first kappa shape index (κ1) is 25.9. The quantitative estimate of drug-likeness (QED) is 0.308. The number of rotatable bonds is 11. The summed E-state index contributed by atoms with van der Waals surface area (Å²) < 4.78 is 9.85. The minimum atomic E-state index is -0.947. The molecule has 172 valence electrons. The minimum Gasteiger partial charge on any atom is -0.467 e. The lowest BCUT2D eigenvalue weighted by molar-refractivity contribution is -0.385. The first-order chi connectivity index (χ1) is 14.5. The van der Waals surface area contributed by atoms with Crippen molar-refractivity contribution in [3.63, 3.8) is 0 Å². The van der Waals surface area contributed by atoms with Crippen molar-refractivity contribution in [1.82, 2.24) is 10.6 Å². The number of para-hydroxylation sites is 1. The molecule has 0 bridgehead atoms. The van der Waals surface area contributed by atoms with Gasteiger partial charge in [-0.1, -0.05) is 39.8 Å². The van der Waals surface area contributed by atoms with Crippen molar-refractivity contribution in [3.8, 4) is 0 Å². The van der Waals surface area contributed by atoms with E-state index in [4.69, 9.17) is 9.47 Å². The fraction of sp³-hybridized carbons (Fsp3) is 0.571. The molecule has 0 unspecified atom stereocenters. The molecule has 1 aromatic carbocycles. The SMILES string of the molecule is COC(=O)[C@H](CC(C)C)NC(=O)[C@H](CC(C)C)NC(=O)OCc1ccccc1[N+](=O)[O-]. The molecule has 2 amide bonds. The van der Waals surface area contributed by atoms with Gasteiger partial charge < -0.3 is 20.1 Å². The molecule has 31 heavy (non-hydrogen) atoms. The topological polar surface area (TPSA) is 137 Å². The Morgan fingerprint density at radius 1 is 1.00 bits per heavy atom. The lowest BCUT2D eigenvalue weighted by atomic mass is 10.0. The number of hydrogen-bond acceptors (Lipinski definition) is 7. The highest BCUT2D eigenvalue weighted by Crippen LogP contribution is 2.18. The Morgan fingerprint density at radius 3 is 2.13 bits per heavy atom. The normalized spacial score (nSPS) is 12.7. The van der Waals surface area contributed by atoms with E-state index in [9.17, 15) is 24.5 Å². The molecule has 2 atom stereocenters. The third-order valence-electron chi connectivity index (χ3n) is 4.37. The van der Waals surface area contributed by atoms with E-state index < -0.39 is 35.0 Å². The summed E-state index contributed by atoms with van der Waals surface area (Å²) in [7, 11) is 1.24. The second-order valence-electron chi connectivity index (χ2n) is 8.00. The average Bonchev–Trinajstić information content (AvgIpc) is 2.70. The van der Waals surface area contributed by atoms with E-state index in [0.717, 1.165) is 0 Å². The lowest BCUT2D eigenvalue weighted by Gasteiger charge is -2.24. The Morgan fingerprint density at radius 2 is 1.58 bits per heavy atom. The molecule has 0 aliphatic heterocycles. The number of methoxy groups -OCH3 is 1. The number of nitrogens with zero attached hydrogens (tertiary/aromatic N) is 1. The summed E-state index contributed by atoms with van der Waals surface area (Å²) >= 11 is 0. The van der Waals surface area contributed by atoms with Crippen molar-refractivity contribution < 1.29 is 28.8 Å². The van der Waals surface area contributed by atoms with Gasteiger partial charge in [0.2, 0.25) is 5.91 Å². The fourth-order valence-electron chi connectivity index (χ4n) is 2.94. The summed E-state index contributed by atoms with van der Waals surface area (Å²) in [5.41, 5.74) is 0.0663. The number of carbonyl (C=O) groups excluding carboxylic acids is 3. The molecule has 0 saturated heterocycles. The highest BCUT2D eigenvalue weighted by atomic mass is 16.6. The van der Waals surface area contributed by atoms with Gasteiger partial charge in [0.05, 0.1) is 17.6 Å². The van der Waals surface area contributed by atoms with Crippen LogP contribution in [0, 0.1) is 22.0 Å². The molecule has 0 spiro atoms. The van der Waals surface area contributed by atoms with Crippen LogP contribution in [0.5, 0.6) is 0 Å². The van der Waals surface area contributed by atoms with Crippen LogP contribution in [-0.4, -0.2) is 42.1 Å². The zero-order chi connectivity index (χ0) is 23.6. The maximum atomic E-state index is 12.8. The zero-order valence-electron chi connectivity index (χ0n) is 18.5. The van der Waals surface area contributed by atoms with Crippen molar-refractivity contribution >= 4 is 23.7 Å². The molecule has 10 nitrogen and oxygen atoms in total. The average molecular weight is 437 g/mol. The molecular formula is C21H31N3O7. The van der Waals surface area contributed by atoms with E-state index >= 15 is 0 Å². The number of hydrogen-bond donors (Lipinski definition) is 2. The number of benzene rings is 1. The Hall–Kier alpha value is -3.17. The predicted molar refractivity (Wildman–Crippen MR) is 113 cm³/mol. The number of ether oxygens (including phenoxy) is 2. The van der Waals surface area contributed by atoms with Gasteiger partial charge in [0.1, 0.15) is 18.7 Å². The fourth-order valence-corrected chi connectivity index (χ4v) is 2.94. The van der Waals surface area contributed by atoms with Gasteiger partial charge in [0.15, 0.2) is 0 Å². The van der Waals surface area contributed by atoms with Crippen LogP contribution in [-0.2, 0) is 25.7 Å². The van der Waals surface area contributed by atoms with Crippen LogP contribution in [0.4, 0.5) is 10.5 Å². The Kier molecular flexibility index (Phi) is 10.4. The first-order valence-corrected chi connectivity index (χ1v) is 10.1. The maximum absolute atomic E-state index is 12.8. The molecule has 1 rings (SSSR count). The maximum Gasteiger partial charge on any atom is 0.408 e. The van der Waals surface area contributed by atoms with Gasteiger partial charge in [0.25, 0.3) is 5.69 Å². The van der Waals surface area contributed by atoms with Gasteiger partial charge in [-0.2, -0.15) is 0 Å². The summed E-state index contributed by atoms with van der Waals surface area (Å²) in [6.07, 6.45) is -0.200. The van der Waals surface area contributed by atoms with E-state index in [1.807, 2.05) is 27.7 Å². The van der Waals surface area contributed by atoms with E-state index in [1.54, 1.807) is 6.07 Å². The number of nitro benzene ring substituents is 1. The van der Waals surface area contributed by atoms with Crippen molar-refractivity contribution in [2.24, 2.45) is 11.8 Å².